The van der Waals surface area contributed by atoms with Gasteiger partial charge in [0.25, 0.3) is 0 Å². The van der Waals surface area contributed by atoms with Crippen LogP contribution in [0.2, 0.25) is 0 Å². The van der Waals surface area contributed by atoms with E-state index in [0.717, 1.165) is 50.7 Å². The predicted molar refractivity (Wildman–Crippen MR) is 107 cm³/mol. The zero-order chi connectivity index (χ0) is 19.4. The van der Waals surface area contributed by atoms with Gasteiger partial charge in [-0.2, -0.15) is 5.10 Å². The third-order valence-electron chi connectivity index (χ3n) is 4.91. The minimum absolute atomic E-state index is 0.0448. The molecule has 0 aliphatic carbocycles. The molecular formula is C20H30N6O. The highest BCUT2D eigenvalue weighted by molar-refractivity contribution is 5.88. The first kappa shape index (κ1) is 19.4. The second-order valence-corrected chi connectivity index (χ2v) is 8.19. The summed E-state index contributed by atoms with van der Waals surface area (Å²) < 4.78 is 1.74. The fourth-order valence-corrected chi connectivity index (χ4v) is 3.22. The number of anilines is 1. The average Bonchev–Trinajstić information content (AvgIpc) is 2.84. The third kappa shape index (κ3) is 5.07. The monoisotopic (exact) mass is 370 g/mol. The minimum Gasteiger partial charge on any atom is -0.323 e. The highest BCUT2D eigenvalue weighted by Crippen LogP contribution is 2.23. The second kappa shape index (κ2) is 8.08. The van der Waals surface area contributed by atoms with E-state index in [1.165, 1.54) is 5.56 Å². The van der Waals surface area contributed by atoms with Gasteiger partial charge in [0, 0.05) is 63.6 Å². The molecule has 1 fully saturated rings. The number of aromatic nitrogens is 3. The zero-order valence-electron chi connectivity index (χ0n) is 16.8. The van der Waals surface area contributed by atoms with Crippen molar-refractivity contribution in [3.63, 3.8) is 0 Å². The maximum Gasteiger partial charge on any atom is 0.323 e. The normalized spacial score (nSPS) is 16.2. The number of amides is 2. The van der Waals surface area contributed by atoms with Crippen LogP contribution in [0.15, 0.2) is 30.6 Å². The number of nitrogens with zero attached hydrogens (tertiary/aromatic N) is 5. The molecule has 1 saturated heterocycles. The highest BCUT2D eigenvalue weighted by Gasteiger charge is 2.22. The van der Waals surface area contributed by atoms with Crippen molar-refractivity contribution in [1.82, 2.24) is 24.6 Å². The molecule has 2 aromatic heterocycles. The first-order valence-corrected chi connectivity index (χ1v) is 9.54. The van der Waals surface area contributed by atoms with Gasteiger partial charge in [-0.05, 0) is 24.1 Å². The lowest BCUT2D eigenvalue weighted by Gasteiger charge is -2.22. The second-order valence-electron chi connectivity index (χ2n) is 8.19. The fourth-order valence-electron chi connectivity index (χ4n) is 3.22. The largest absolute Gasteiger partial charge is 0.323 e. The van der Waals surface area contributed by atoms with Crippen LogP contribution in [0.25, 0.3) is 0 Å². The number of nitrogens with one attached hydrogen (secondary N) is 1. The van der Waals surface area contributed by atoms with Gasteiger partial charge in [0.15, 0.2) is 0 Å². The van der Waals surface area contributed by atoms with Gasteiger partial charge in [0.2, 0.25) is 0 Å². The van der Waals surface area contributed by atoms with Crippen molar-refractivity contribution >= 4 is 11.8 Å². The summed E-state index contributed by atoms with van der Waals surface area (Å²) in [7, 11) is 1.86. The quantitative estimate of drug-likeness (QED) is 0.902. The third-order valence-corrected chi connectivity index (χ3v) is 4.91. The summed E-state index contributed by atoms with van der Waals surface area (Å²) in [6.45, 7) is 10.6. The van der Waals surface area contributed by atoms with Crippen molar-refractivity contribution in [1.29, 1.82) is 0 Å². The number of urea groups is 1. The molecule has 7 heteroatoms. The number of carbonyl (C=O) groups is 1. The molecule has 0 atom stereocenters. The minimum atomic E-state index is -0.0516. The summed E-state index contributed by atoms with van der Waals surface area (Å²) in [5.41, 5.74) is 2.18. The molecule has 1 aliphatic heterocycles. The van der Waals surface area contributed by atoms with Crippen LogP contribution in [0, 0.1) is 0 Å². The number of aryl methyl sites for hydroxylation is 1. The summed E-state index contributed by atoms with van der Waals surface area (Å²) in [5.74, 6) is 0.739. The first-order chi connectivity index (χ1) is 12.8. The molecule has 1 N–H and O–H groups in total. The zero-order valence-corrected chi connectivity index (χ0v) is 16.8. The van der Waals surface area contributed by atoms with Crippen molar-refractivity contribution in [2.75, 3.05) is 31.5 Å². The van der Waals surface area contributed by atoms with Crippen LogP contribution in [0.5, 0.6) is 0 Å². The van der Waals surface area contributed by atoms with Gasteiger partial charge in [-0.3, -0.25) is 19.9 Å². The molecule has 3 heterocycles. The molecule has 7 nitrogen and oxygen atoms in total. The fraction of sp³-hybridized carbons (Fsp3) is 0.550. The van der Waals surface area contributed by atoms with E-state index >= 15 is 0 Å². The molecule has 146 valence electrons. The summed E-state index contributed by atoms with van der Waals surface area (Å²) in [6.07, 6.45) is 4.62. The molecule has 2 amide bonds. The van der Waals surface area contributed by atoms with Gasteiger partial charge in [-0.15, -0.1) is 0 Å². The van der Waals surface area contributed by atoms with E-state index in [1.807, 2.05) is 42.5 Å². The van der Waals surface area contributed by atoms with E-state index in [-0.39, 0.29) is 11.4 Å². The van der Waals surface area contributed by atoms with Gasteiger partial charge in [-0.1, -0.05) is 20.8 Å². The Morgan fingerprint density at radius 3 is 2.56 bits per heavy atom. The van der Waals surface area contributed by atoms with Crippen molar-refractivity contribution < 1.29 is 4.79 Å². The van der Waals surface area contributed by atoms with Crippen molar-refractivity contribution in [2.45, 2.75) is 39.2 Å². The molecular weight excluding hydrogens is 340 g/mol. The molecule has 0 saturated carbocycles. The van der Waals surface area contributed by atoms with E-state index in [2.05, 4.69) is 41.1 Å². The molecule has 0 aromatic carbocycles. The molecule has 2 aromatic rings. The number of pyridine rings is 1. The van der Waals surface area contributed by atoms with Crippen molar-refractivity contribution in [2.24, 2.45) is 7.05 Å². The molecule has 0 bridgehead atoms. The van der Waals surface area contributed by atoms with Gasteiger partial charge < -0.3 is 4.90 Å². The van der Waals surface area contributed by atoms with E-state index in [1.54, 1.807) is 4.68 Å². The Morgan fingerprint density at radius 2 is 1.89 bits per heavy atom. The Labute approximate surface area is 161 Å². The molecule has 0 spiro atoms. The van der Waals surface area contributed by atoms with Crippen LogP contribution >= 0.6 is 0 Å². The lowest BCUT2D eigenvalue weighted by Crippen LogP contribution is -2.38. The molecule has 1 aliphatic rings. The van der Waals surface area contributed by atoms with Crippen LogP contribution < -0.4 is 5.32 Å². The van der Waals surface area contributed by atoms with E-state index in [4.69, 9.17) is 0 Å². The molecule has 3 rings (SSSR count). The maximum atomic E-state index is 12.7. The van der Waals surface area contributed by atoms with Gasteiger partial charge in [0.05, 0.1) is 5.69 Å². The topological polar surface area (TPSA) is 66.3 Å². The molecule has 0 unspecified atom stereocenters. The van der Waals surface area contributed by atoms with E-state index in [0.29, 0.717) is 0 Å². The van der Waals surface area contributed by atoms with Crippen LogP contribution in [0.4, 0.5) is 10.6 Å². The number of carbonyl (C=O) groups excluding carboxylic acids is 1. The average molecular weight is 371 g/mol. The highest BCUT2D eigenvalue weighted by atomic mass is 16.2. The van der Waals surface area contributed by atoms with Crippen LogP contribution in [0.1, 0.15) is 38.4 Å². The number of hydrogen-bond acceptors (Lipinski definition) is 4. The Morgan fingerprint density at radius 1 is 1.15 bits per heavy atom. The van der Waals surface area contributed by atoms with Gasteiger partial charge in [0.1, 0.15) is 5.82 Å². The van der Waals surface area contributed by atoms with Gasteiger partial charge >= 0.3 is 6.03 Å². The number of hydrogen-bond donors (Lipinski definition) is 1. The van der Waals surface area contributed by atoms with Crippen molar-refractivity contribution in [3.8, 4) is 0 Å². The Hall–Kier alpha value is -2.41. The number of rotatable bonds is 3. The maximum absolute atomic E-state index is 12.7. The Bertz CT molecular complexity index is 765. The van der Waals surface area contributed by atoms with E-state index < -0.39 is 0 Å². The molecule has 27 heavy (non-hydrogen) atoms. The standard InChI is InChI=1S/C20H30N6O/c1-20(2,3)17-14-18(24(4)23-17)22-19(27)26-11-5-10-25(12-13-26)15-16-6-8-21-9-7-16/h6-9,14H,5,10-13,15H2,1-4H3,(H,22,27). The van der Waals surface area contributed by atoms with E-state index in [9.17, 15) is 4.79 Å². The van der Waals surface area contributed by atoms with Crippen LogP contribution in [0.3, 0.4) is 0 Å². The summed E-state index contributed by atoms with van der Waals surface area (Å²) in [5, 5.41) is 7.55. The predicted octanol–water partition coefficient (Wildman–Crippen LogP) is 2.85. The molecule has 0 radical (unpaired) electrons. The lowest BCUT2D eigenvalue weighted by atomic mass is 9.92. The smallest absolute Gasteiger partial charge is 0.323 e. The Kier molecular flexibility index (Phi) is 5.79. The van der Waals surface area contributed by atoms with Crippen molar-refractivity contribution in [3.05, 3.63) is 41.9 Å². The summed E-state index contributed by atoms with van der Waals surface area (Å²) in [6, 6.07) is 6.00. The summed E-state index contributed by atoms with van der Waals surface area (Å²) in [4.78, 5) is 21.1. The van der Waals surface area contributed by atoms with Gasteiger partial charge in [-0.25, -0.2) is 4.79 Å². The Balaban J connectivity index is 1.57. The van der Waals surface area contributed by atoms with Crippen LogP contribution in [-0.2, 0) is 19.0 Å². The van der Waals surface area contributed by atoms with Crippen LogP contribution in [-0.4, -0.2) is 56.8 Å². The summed E-state index contributed by atoms with van der Waals surface area (Å²) >= 11 is 0. The SMILES string of the molecule is Cn1nc(C(C)(C)C)cc1NC(=O)N1CCCN(Cc2ccncc2)CC1. The first-order valence-electron chi connectivity index (χ1n) is 9.54. The lowest BCUT2D eigenvalue weighted by molar-refractivity contribution is 0.211.